The molecule has 0 atom stereocenters. The van der Waals surface area contributed by atoms with Gasteiger partial charge in [-0.05, 0) is 6.07 Å². The van der Waals surface area contributed by atoms with Crippen molar-refractivity contribution in [3.05, 3.63) is 24.3 Å². The third kappa shape index (κ3) is 1.73. The van der Waals surface area contributed by atoms with Crippen LogP contribution in [0.1, 0.15) is 5.69 Å². The van der Waals surface area contributed by atoms with E-state index in [1.807, 2.05) is 0 Å². The van der Waals surface area contributed by atoms with Gasteiger partial charge in [-0.15, -0.1) is 0 Å². The van der Waals surface area contributed by atoms with Crippen molar-refractivity contribution in [2.24, 2.45) is 0 Å². The monoisotopic (exact) mass is 198 g/mol. The molecular weight excluding hydrogens is 195 g/mol. The van der Waals surface area contributed by atoms with Crippen LogP contribution in [-0.2, 0) is 5.92 Å². The van der Waals surface area contributed by atoms with E-state index in [4.69, 9.17) is 0 Å². The summed E-state index contributed by atoms with van der Waals surface area (Å²) in [7, 11) is 0. The first-order valence-electron chi connectivity index (χ1n) is 3.07. The van der Waals surface area contributed by atoms with Gasteiger partial charge in [0.05, 0.1) is 0 Å². The molecule has 1 rings (SSSR count). The molecule has 0 aliphatic carbocycles. The van der Waals surface area contributed by atoms with Gasteiger partial charge in [-0.3, -0.25) is 0 Å². The van der Waals surface area contributed by atoms with E-state index in [2.05, 4.69) is 9.97 Å². The second-order valence-corrected chi connectivity index (χ2v) is 2.17. The first-order valence-corrected chi connectivity index (χ1v) is 3.07. The maximum absolute atomic E-state index is 12.4. The average molecular weight is 198 g/mol. The summed E-state index contributed by atoms with van der Waals surface area (Å²) < 4.78 is 60.0. The molecule has 1 heterocycles. The maximum atomic E-state index is 12.4. The molecule has 13 heavy (non-hydrogen) atoms. The third-order valence-electron chi connectivity index (χ3n) is 1.26. The van der Waals surface area contributed by atoms with Crippen LogP contribution in [0, 0.1) is 0 Å². The molecule has 0 bridgehead atoms. The molecule has 0 fully saturated rings. The molecular formula is C6H3F5N2. The van der Waals surface area contributed by atoms with Crippen LogP contribution in [-0.4, -0.2) is 16.1 Å². The van der Waals surface area contributed by atoms with Crippen molar-refractivity contribution < 1.29 is 22.0 Å². The second-order valence-electron chi connectivity index (χ2n) is 2.17. The zero-order valence-corrected chi connectivity index (χ0v) is 6.02. The molecule has 7 heteroatoms. The van der Waals surface area contributed by atoms with E-state index in [1.165, 1.54) is 0 Å². The van der Waals surface area contributed by atoms with Crippen LogP contribution in [0.15, 0.2) is 18.6 Å². The summed E-state index contributed by atoms with van der Waals surface area (Å²) in [5.41, 5.74) is -1.35. The van der Waals surface area contributed by atoms with E-state index < -0.39 is 17.8 Å². The number of aromatic nitrogens is 2. The lowest BCUT2D eigenvalue weighted by Gasteiger charge is -2.17. The summed E-state index contributed by atoms with van der Waals surface area (Å²) in [5.74, 6) is -4.92. The lowest BCUT2D eigenvalue weighted by molar-refractivity contribution is -0.291. The Morgan fingerprint density at radius 1 is 1.08 bits per heavy atom. The summed E-state index contributed by atoms with van der Waals surface area (Å²) in [6.07, 6.45) is -4.17. The molecule has 0 unspecified atom stereocenters. The van der Waals surface area contributed by atoms with Gasteiger partial charge in [-0.25, -0.2) is 9.97 Å². The highest BCUT2D eigenvalue weighted by Gasteiger charge is 2.59. The first kappa shape index (κ1) is 9.82. The predicted molar refractivity (Wildman–Crippen MR) is 32.0 cm³/mol. The number of rotatable bonds is 1. The molecule has 0 N–H and O–H groups in total. The summed E-state index contributed by atoms with van der Waals surface area (Å²) in [6.45, 7) is 0. The third-order valence-corrected chi connectivity index (χ3v) is 1.26. The second kappa shape index (κ2) is 2.90. The van der Waals surface area contributed by atoms with E-state index in [9.17, 15) is 22.0 Å². The van der Waals surface area contributed by atoms with E-state index in [1.54, 1.807) is 0 Å². The quantitative estimate of drug-likeness (QED) is 0.646. The van der Waals surface area contributed by atoms with Crippen molar-refractivity contribution in [1.82, 2.24) is 9.97 Å². The van der Waals surface area contributed by atoms with Crippen molar-refractivity contribution >= 4 is 0 Å². The van der Waals surface area contributed by atoms with Crippen molar-refractivity contribution in [1.29, 1.82) is 0 Å². The number of nitrogens with zero attached hydrogens (tertiary/aromatic N) is 2. The fraction of sp³-hybridized carbons (Fsp3) is 0.333. The van der Waals surface area contributed by atoms with Crippen LogP contribution in [0.3, 0.4) is 0 Å². The Bertz CT molecular complexity index is 281. The minimum atomic E-state index is -5.62. The molecule has 0 saturated carbocycles. The standard InChI is InChI=1S/C6H3F5N2/c7-5(8,6(9,10)11)4-1-2-12-3-13-4/h1-3H. The zero-order valence-electron chi connectivity index (χ0n) is 6.02. The van der Waals surface area contributed by atoms with Crippen molar-refractivity contribution in [2.75, 3.05) is 0 Å². The zero-order chi connectivity index (χ0) is 10.1. The molecule has 0 aliphatic rings. The van der Waals surface area contributed by atoms with Gasteiger partial charge in [0.25, 0.3) is 0 Å². The molecule has 0 aliphatic heterocycles. The van der Waals surface area contributed by atoms with Gasteiger partial charge in [0.1, 0.15) is 12.0 Å². The number of hydrogen-bond acceptors (Lipinski definition) is 2. The van der Waals surface area contributed by atoms with Gasteiger partial charge >= 0.3 is 12.1 Å². The van der Waals surface area contributed by atoms with Gasteiger partial charge in [-0.2, -0.15) is 22.0 Å². The molecule has 1 aromatic rings. The molecule has 1 aromatic heterocycles. The Kier molecular flexibility index (Phi) is 2.19. The van der Waals surface area contributed by atoms with Crippen LogP contribution in [0.25, 0.3) is 0 Å². The Morgan fingerprint density at radius 3 is 2.08 bits per heavy atom. The highest BCUT2D eigenvalue weighted by atomic mass is 19.4. The van der Waals surface area contributed by atoms with Crippen molar-refractivity contribution in [3.63, 3.8) is 0 Å². The Balaban J connectivity index is 3.08. The molecule has 0 amide bonds. The van der Waals surface area contributed by atoms with Gasteiger partial charge < -0.3 is 0 Å². The number of halogens is 5. The van der Waals surface area contributed by atoms with Crippen LogP contribution in [0.2, 0.25) is 0 Å². The van der Waals surface area contributed by atoms with Crippen LogP contribution in [0.4, 0.5) is 22.0 Å². The number of alkyl halides is 5. The molecule has 0 saturated heterocycles. The van der Waals surface area contributed by atoms with Gasteiger partial charge in [0.2, 0.25) is 0 Å². The van der Waals surface area contributed by atoms with Crippen LogP contribution >= 0.6 is 0 Å². The fourth-order valence-corrected chi connectivity index (χ4v) is 0.622. The fourth-order valence-electron chi connectivity index (χ4n) is 0.622. The van der Waals surface area contributed by atoms with Crippen molar-refractivity contribution in [2.45, 2.75) is 12.1 Å². The van der Waals surface area contributed by atoms with Gasteiger partial charge in [-0.1, -0.05) is 0 Å². The largest absolute Gasteiger partial charge is 0.459 e. The summed E-state index contributed by atoms with van der Waals surface area (Å²) in [4.78, 5) is 6.06. The summed E-state index contributed by atoms with van der Waals surface area (Å²) in [5, 5.41) is 0. The molecule has 0 spiro atoms. The SMILES string of the molecule is FC(F)(F)C(F)(F)c1ccncn1. The van der Waals surface area contributed by atoms with Crippen molar-refractivity contribution in [3.8, 4) is 0 Å². The van der Waals surface area contributed by atoms with E-state index in [-0.39, 0.29) is 0 Å². The lowest BCUT2D eigenvalue weighted by Crippen LogP contribution is -2.34. The van der Waals surface area contributed by atoms with E-state index in [0.717, 1.165) is 6.20 Å². The first-order chi connectivity index (χ1) is 5.86. The van der Waals surface area contributed by atoms with E-state index in [0.29, 0.717) is 12.4 Å². The normalized spacial score (nSPS) is 13.0. The van der Waals surface area contributed by atoms with Crippen LogP contribution < -0.4 is 0 Å². The smallest absolute Gasteiger partial charge is 0.245 e. The number of hydrogen-bond donors (Lipinski definition) is 0. The summed E-state index contributed by atoms with van der Waals surface area (Å²) >= 11 is 0. The summed E-state index contributed by atoms with van der Waals surface area (Å²) in [6, 6.07) is 0.521. The minimum Gasteiger partial charge on any atom is -0.245 e. The Labute approximate surface area is 69.4 Å². The Morgan fingerprint density at radius 2 is 1.69 bits per heavy atom. The van der Waals surface area contributed by atoms with E-state index >= 15 is 0 Å². The highest BCUT2D eigenvalue weighted by Crippen LogP contribution is 2.42. The maximum Gasteiger partial charge on any atom is 0.459 e. The predicted octanol–water partition coefficient (Wildman–Crippen LogP) is 2.13. The molecule has 0 radical (unpaired) electrons. The average Bonchev–Trinajstić information content (AvgIpc) is 2.04. The van der Waals surface area contributed by atoms with Gasteiger partial charge in [0.15, 0.2) is 0 Å². The molecule has 72 valence electrons. The lowest BCUT2D eigenvalue weighted by atomic mass is 10.2. The molecule has 0 aromatic carbocycles. The highest BCUT2D eigenvalue weighted by molar-refractivity contribution is 5.08. The Hall–Kier alpha value is -1.27. The minimum absolute atomic E-state index is 0.521. The topological polar surface area (TPSA) is 25.8 Å². The van der Waals surface area contributed by atoms with Crippen LogP contribution in [0.5, 0.6) is 0 Å². The van der Waals surface area contributed by atoms with Gasteiger partial charge in [0, 0.05) is 6.20 Å². The molecule has 2 nitrogen and oxygen atoms in total.